The van der Waals surface area contributed by atoms with Crippen LogP contribution in [0.15, 0.2) is 54.0 Å². The van der Waals surface area contributed by atoms with E-state index in [1.54, 1.807) is 13.3 Å². The number of hydrogen-bond acceptors (Lipinski definition) is 4. The Balaban J connectivity index is 2.07. The van der Waals surface area contributed by atoms with Crippen molar-refractivity contribution in [2.45, 2.75) is 0 Å². The molecule has 1 aromatic carbocycles. The average Bonchev–Trinajstić information content (AvgIpc) is 2.46. The van der Waals surface area contributed by atoms with Gasteiger partial charge < -0.3 is 0 Å². The predicted octanol–water partition coefficient (Wildman–Crippen LogP) is 1.58. The average molecular weight is 240 g/mol. The third-order valence-electron chi connectivity index (χ3n) is 2.26. The summed E-state index contributed by atoms with van der Waals surface area (Å²) in [5.74, 6) is -0.296. The van der Waals surface area contributed by atoms with Crippen LogP contribution in [0.1, 0.15) is 16.1 Å². The molecule has 1 heterocycles. The highest BCUT2D eigenvalue weighted by atomic mass is 16.2. The fraction of sp³-hybridized carbons (Fsp3) is 0.0769. The van der Waals surface area contributed by atoms with Crippen molar-refractivity contribution in [2.24, 2.45) is 5.10 Å². The van der Waals surface area contributed by atoms with E-state index >= 15 is 0 Å². The molecule has 5 nitrogen and oxygen atoms in total. The molecule has 90 valence electrons. The highest BCUT2D eigenvalue weighted by molar-refractivity contribution is 5.92. The highest BCUT2D eigenvalue weighted by Gasteiger charge is 2.11. The SMILES string of the molecule is CN(/N=C/c1ccccc1)C(=O)c1cnccn1. The van der Waals surface area contributed by atoms with Gasteiger partial charge in [-0.2, -0.15) is 5.10 Å². The van der Waals surface area contributed by atoms with Crippen molar-refractivity contribution in [3.05, 3.63) is 60.2 Å². The van der Waals surface area contributed by atoms with Gasteiger partial charge in [-0.15, -0.1) is 0 Å². The van der Waals surface area contributed by atoms with Crippen molar-refractivity contribution in [1.82, 2.24) is 15.0 Å². The van der Waals surface area contributed by atoms with Gasteiger partial charge in [0.2, 0.25) is 0 Å². The molecule has 1 aromatic heterocycles. The maximum Gasteiger partial charge on any atom is 0.293 e. The molecule has 2 rings (SSSR count). The number of rotatable bonds is 3. The van der Waals surface area contributed by atoms with Gasteiger partial charge >= 0.3 is 0 Å². The first-order chi connectivity index (χ1) is 8.77. The summed E-state index contributed by atoms with van der Waals surface area (Å²) < 4.78 is 0. The summed E-state index contributed by atoms with van der Waals surface area (Å²) >= 11 is 0. The standard InChI is InChI=1S/C13H12N4O/c1-17(13(18)12-10-14-7-8-15-12)16-9-11-5-3-2-4-6-11/h2-10H,1H3/b16-9+. The summed E-state index contributed by atoms with van der Waals surface area (Å²) in [5, 5.41) is 5.29. The second-order valence-corrected chi connectivity index (χ2v) is 3.57. The Morgan fingerprint density at radius 3 is 2.72 bits per heavy atom. The molecule has 0 aliphatic carbocycles. The van der Waals surface area contributed by atoms with Gasteiger partial charge in [-0.25, -0.2) is 9.99 Å². The van der Waals surface area contributed by atoms with Crippen LogP contribution in [-0.2, 0) is 0 Å². The largest absolute Gasteiger partial charge is 0.293 e. The lowest BCUT2D eigenvalue weighted by Gasteiger charge is -2.09. The first kappa shape index (κ1) is 11.9. The van der Waals surface area contributed by atoms with Gasteiger partial charge in [0.15, 0.2) is 0 Å². The zero-order valence-corrected chi connectivity index (χ0v) is 9.89. The normalized spacial score (nSPS) is 10.5. The van der Waals surface area contributed by atoms with Crippen LogP contribution >= 0.6 is 0 Å². The highest BCUT2D eigenvalue weighted by Crippen LogP contribution is 1.99. The Labute approximate surface area is 105 Å². The molecule has 0 aliphatic heterocycles. The van der Waals surface area contributed by atoms with E-state index < -0.39 is 0 Å². The molecule has 0 radical (unpaired) electrons. The molecule has 18 heavy (non-hydrogen) atoms. The number of hydrogen-bond donors (Lipinski definition) is 0. The van der Waals surface area contributed by atoms with E-state index in [2.05, 4.69) is 15.1 Å². The Bertz CT molecular complexity index is 539. The van der Waals surface area contributed by atoms with Gasteiger partial charge in [-0.3, -0.25) is 9.78 Å². The van der Waals surface area contributed by atoms with Gasteiger partial charge in [0.25, 0.3) is 5.91 Å². The third kappa shape index (κ3) is 2.98. The number of carbonyl (C=O) groups is 1. The van der Waals surface area contributed by atoms with Crippen LogP contribution in [0, 0.1) is 0 Å². The molecule has 1 amide bonds. The fourth-order valence-corrected chi connectivity index (χ4v) is 1.32. The van der Waals surface area contributed by atoms with Crippen LogP contribution in [0.2, 0.25) is 0 Å². The zero-order valence-electron chi connectivity index (χ0n) is 9.89. The lowest BCUT2D eigenvalue weighted by Crippen LogP contribution is -2.22. The number of aromatic nitrogens is 2. The van der Waals surface area contributed by atoms with Gasteiger partial charge in [-0.05, 0) is 5.56 Å². The lowest BCUT2D eigenvalue weighted by molar-refractivity contribution is 0.0794. The minimum absolute atomic E-state index is 0.269. The van der Waals surface area contributed by atoms with Crippen LogP contribution in [0.5, 0.6) is 0 Å². The van der Waals surface area contributed by atoms with Gasteiger partial charge in [0.05, 0.1) is 12.4 Å². The summed E-state index contributed by atoms with van der Waals surface area (Å²) in [7, 11) is 1.58. The minimum atomic E-state index is -0.296. The molecule has 0 fully saturated rings. The molecule has 0 saturated heterocycles. The molecule has 0 unspecified atom stereocenters. The Morgan fingerprint density at radius 1 is 1.28 bits per heavy atom. The van der Waals surface area contributed by atoms with E-state index in [9.17, 15) is 4.79 Å². The van der Waals surface area contributed by atoms with Crippen LogP contribution in [0.3, 0.4) is 0 Å². The van der Waals surface area contributed by atoms with E-state index in [0.29, 0.717) is 0 Å². The first-order valence-electron chi connectivity index (χ1n) is 5.40. The predicted molar refractivity (Wildman–Crippen MR) is 68.2 cm³/mol. The molecule has 2 aromatic rings. The van der Waals surface area contributed by atoms with Crippen molar-refractivity contribution in [2.75, 3.05) is 7.05 Å². The maximum atomic E-state index is 11.9. The summed E-state index contributed by atoms with van der Waals surface area (Å²) in [6.45, 7) is 0. The fourth-order valence-electron chi connectivity index (χ4n) is 1.32. The molecule has 0 saturated carbocycles. The van der Waals surface area contributed by atoms with E-state index in [1.807, 2.05) is 30.3 Å². The lowest BCUT2D eigenvalue weighted by atomic mass is 10.2. The minimum Gasteiger partial charge on any atom is -0.265 e. The maximum absolute atomic E-state index is 11.9. The Morgan fingerprint density at radius 2 is 2.06 bits per heavy atom. The van der Waals surface area contributed by atoms with E-state index in [0.717, 1.165) is 5.56 Å². The quantitative estimate of drug-likeness (QED) is 0.604. The summed E-state index contributed by atoms with van der Waals surface area (Å²) in [4.78, 5) is 19.6. The smallest absolute Gasteiger partial charge is 0.265 e. The van der Waals surface area contributed by atoms with Crippen molar-refractivity contribution >= 4 is 12.1 Å². The molecule has 0 N–H and O–H groups in total. The molecule has 0 bridgehead atoms. The van der Waals surface area contributed by atoms with Crippen molar-refractivity contribution in [3.63, 3.8) is 0 Å². The first-order valence-corrected chi connectivity index (χ1v) is 5.40. The third-order valence-corrected chi connectivity index (χ3v) is 2.26. The number of nitrogens with zero attached hydrogens (tertiary/aromatic N) is 4. The summed E-state index contributed by atoms with van der Waals surface area (Å²) in [6.07, 6.45) is 6.02. The van der Waals surface area contributed by atoms with Gasteiger partial charge in [0.1, 0.15) is 5.69 Å². The molecule has 0 aliphatic rings. The Hall–Kier alpha value is -2.56. The number of amides is 1. The monoisotopic (exact) mass is 240 g/mol. The number of hydrazone groups is 1. The van der Waals surface area contributed by atoms with Crippen LogP contribution < -0.4 is 0 Å². The van der Waals surface area contributed by atoms with Gasteiger partial charge in [-0.1, -0.05) is 30.3 Å². The van der Waals surface area contributed by atoms with Gasteiger partial charge in [0, 0.05) is 19.4 Å². The molecular weight excluding hydrogens is 228 g/mol. The topological polar surface area (TPSA) is 58.5 Å². The second kappa shape index (κ2) is 5.67. The molecule has 0 atom stereocenters. The number of carbonyl (C=O) groups excluding carboxylic acids is 1. The van der Waals surface area contributed by atoms with Crippen LogP contribution in [-0.4, -0.2) is 34.1 Å². The molecule has 0 spiro atoms. The van der Waals surface area contributed by atoms with E-state index in [4.69, 9.17) is 0 Å². The summed E-state index contributed by atoms with van der Waals surface area (Å²) in [5.41, 5.74) is 1.20. The Kier molecular flexibility index (Phi) is 3.76. The number of benzene rings is 1. The van der Waals surface area contributed by atoms with Crippen molar-refractivity contribution in [3.8, 4) is 0 Å². The second-order valence-electron chi connectivity index (χ2n) is 3.57. The molecule has 5 heteroatoms. The van der Waals surface area contributed by atoms with Crippen LogP contribution in [0.4, 0.5) is 0 Å². The van der Waals surface area contributed by atoms with E-state index in [1.165, 1.54) is 23.6 Å². The van der Waals surface area contributed by atoms with Crippen molar-refractivity contribution < 1.29 is 4.79 Å². The summed E-state index contributed by atoms with van der Waals surface area (Å²) in [6, 6.07) is 9.55. The molecular formula is C13H12N4O. The van der Waals surface area contributed by atoms with Crippen molar-refractivity contribution in [1.29, 1.82) is 0 Å². The zero-order chi connectivity index (χ0) is 12.8. The van der Waals surface area contributed by atoms with Crippen LogP contribution in [0.25, 0.3) is 0 Å². The van der Waals surface area contributed by atoms with E-state index in [-0.39, 0.29) is 11.6 Å².